The molecule has 27 heavy (non-hydrogen) atoms. The molecule has 0 saturated carbocycles. The Morgan fingerprint density at radius 1 is 0.704 bits per heavy atom. The van der Waals surface area contributed by atoms with Crippen LogP contribution in [0.2, 0.25) is 0 Å². The quantitative estimate of drug-likeness (QED) is 0.302. The molecule has 0 aliphatic heterocycles. The first-order valence-corrected chi connectivity index (χ1v) is 8.61. The first-order chi connectivity index (χ1) is 12.7. The van der Waals surface area contributed by atoms with Gasteiger partial charge in [0.05, 0.1) is 5.69 Å². The predicted octanol–water partition coefficient (Wildman–Crippen LogP) is 5.91. The number of aryl methyl sites for hydroxylation is 2. The standard InChI is InChI=1S/C13H13N.C11H8N.Ir/c1-10-6-7-12(11(2)9-10)13-5-3-4-8-14-13;1-2-6-10(7-3-1)11-8-4-5-9-12-11;/h3-9H,1-2H3;1-6,8-9H;/q;-1;. The molecule has 2 heterocycles. The van der Waals surface area contributed by atoms with Crippen molar-refractivity contribution in [2.45, 2.75) is 13.8 Å². The van der Waals surface area contributed by atoms with Crippen LogP contribution in [0, 0.1) is 19.9 Å². The molecule has 0 spiro atoms. The number of aromatic nitrogens is 2. The number of hydrogen-bond donors (Lipinski definition) is 0. The molecule has 1 radical (unpaired) electrons. The van der Waals surface area contributed by atoms with Crippen LogP contribution < -0.4 is 0 Å². The van der Waals surface area contributed by atoms with Gasteiger partial charge in [-0.05, 0) is 43.3 Å². The van der Waals surface area contributed by atoms with Crippen molar-refractivity contribution in [1.29, 1.82) is 0 Å². The molecule has 137 valence electrons. The Balaban J connectivity index is 0.000000189. The van der Waals surface area contributed by atoms with Crippen LogP contribution >= 0.6 is 0 Å². The zero-order valence-electron chi connectivity index (χ0n) is 15.4. The van der Waals surface area contributed by atoms with Crippen LogP contribution in [0.15, 0.2) is 91.3 Å². The van der Waals surface area contributed by atoms with Crippen molar-refractivity contribution in [2.75, 3.05) is 0 Å². The molecule has 2 aromatic carbocycles. The fourth-order valence-corrected chi connectivity index (χ4v) is 2.70. The monoisotopic (exact) mass is 530 g/mol. The van der Waals surface area contributed by atoms with Gasteiger partial charge in [0.15, 0.2) is 0 Å². The van der Waals surface area contributed by atoms with Gasteiger partial charge in [0.2, 0.25) is 0 Å². The fraction of sp³-hybridized carbons (Fsp3) is 0.0833. The van der Waals surface area contributed by atoms with E-state index in [9.17, 15) is 0 Å². The molecule has 0 unspecified atom stereocenters. The molecular weight excluding hydrogens is 508 g/mol. The summed E-state index contributed by atoms with van der Waals surface area (Å²) in [7, 11) is 0. The van der Waals surface area contributed by atoms with E-state index in [4.69, 9.17) is 0 Å². The summed E-state index contributed by atoms with van der Waals surface area (Å²) in [5.41, 5.74) is 6.85. The number of pyridine rings is 2. The Bertz CT molecular complexity index is 902. The summed E-state index contributed by atoms with van der Waals surface area (Å²) in [5, 5.41) is 0. The summed E-state index contributed by atoms with van der Waals surface area (Å²) in [4.78, 5) is 8.56. The minimum atomic E-state index is 0. The zero-order valence-corrected chi connectivity index (χ0v) is 17.8. The smallest absolute Gasteiger partial charge is 0.0704 e. The van der Waals surface area contributed by atoms with Gasteiger partial charge in [-0.1, -0.05) is 42.0 Å². The second kappa shape index (κ2) is 10.5. The molecule has 0 N–H and O–H groups in total. The van der Waals surface area contributed by atoms with Gasteiger partial charge < -0.3 is 4.98 Å². The summed E-state index contributed by atoms with van der Waals surface area (Å²) in [6.07, 6.45) is 3.62. The average molecular weight is 530 g/mol. The van der Waals surface area contributed by atoms with Crippen LogP contribution in [0.1, 0.15) is 11.1 Å². The second-order valence-electron chi connectivity index (χ2n) is 6.02. The normalized spacial score (nSPS) is 9.56. The molecule has 4 aromatic rings. The molecule has 3 heteroatoms. The molecule has 0 aliphatic rings. The van der Waals surface area contributed by atoms with Gasteiger partial charge in [-0.15, -0.1) is 35.9 Å². The Kier molecular flexibility index (Phi) is 8.06. The second-order valence-corrected chi connectivity index (χ2v) is 6.02. The molecule has 0 bridgehead atoms. The van der Waals surface area contributed by atoms with Gasteiger partial charge in [-0.3, -0.25) is 4.98 Å². The van der Waals surface area contributed by atoms with Gasteiger partial charge in [0.25, 0.3) is 0 Å². The predicted molar refractivity (Wildman–Crippen MR) is 108 cm³/mol. The van der Waals surface area contributed by atoms with Crippen LogP contribution in [0.3, 0.4) is 0 Å². The summed E-state index contributed by atoms with van der Waals surface area (Å²) in [6, 6.07) is 29.2. The van der Waals surface area contributed by atoms with Crippen LogP contribution in [0.5, 0.6) is 0 Å². The van der Waals surface area contributed by atoms with Crippen molar-refractivity contribution < 1.29 is 20.1 Å². The first kappa shape index (κ1) is 20.7. The third kappa shape index (κ3) is 5.96. The van der Waals surface area contributed by atoms with Gasteiger partial charge in [-0.25, -0.2) is 0 Å². The average Bonchev–Trinajstić information content (AvgIpc) is 2.71. The molecule has 0 saturated heterocycles. The minimum Gasteiger partial charge on any atom is -0.305 e. The Morgan fingerprint density at radius 2 is 1.37 bits per heavy atom. The fourth-order valence-electron chi connectivity index (χ4n) is 2.70. The number of nitrogens with zero attached hydrogens (tertiary/aromatic N) is 2. The van der Waals surface area contributed by atoms with Crippen LogP contribution in [-0.4, -0.2) is 9.97 Å². The van der Waals surface area contributed by atoms with E-state index in [1.54, 1.807) is 6.20 Å². The molecule has 0 fully saturated rings. The topological polar surface area (TPSA) is 25.8 Å². The van der Waals surface area contributed by atoms with E-state index in [0.29, 0.717) is 0 Å². The summed E-state index contributed by atoms with van der Waals surface area (Å²) in [6.45, 7) is 4.23. The van der Waals surface area contributed by atoms with E-state index < -0.39 is 0 Å². The first-order valence-electron chi connectivity index (χ1n) is 8.61. The van der Waals surface area contributed by atoms with Gasteiger partial charge in [0, 0.05) is 38.1 Å². The van der Waals surface area contributed by atoms with Gasteiger partial charge >= 0.3 is 0 Å². The molecule has 0 atom stereocenters. The van der Waals surface area contributed by atoms with Crippen LogP contribution in [0.4, 0.5) is 0 Å². The van der Waals surface area contributed by atoms with E-state index >= 15 is 0 Å². The number of benzene rings is 2. The van der Waals surface area contributed by atoms with Crippen molar-refractivity contribution >= 4 is 0 Å². The molecule has 2 aromatic heterocycles. The largest absolute Gasteiger partial charge is 0.305 e. The molecule has 4 rings (SSSR count). The van der Waals surface area contributed by atoms with Crippen molar-refractivity contribution in [2.24, 2.45) is 0 Å². The molecule has 0 aliphatic carbocycles. The summed E-state index contributed by atoms with van der Waals surface area (Å²) < 4.78 is 0. The number of hydrogen-bond acceptors (Lipinski definition) is 2. The Morgan fingerprint density at radius 3 is 1.93 bits per heavy atom. The minimum absolute atomic E-state index is 0. The van der Waals surface area contributed by atoms with Crippen molar-refractivity contribution in [3.8, 4) is 22.5 Å². The maximum atomic E-state index is 4.34. The maximum absolute atomic E-state index is 4.34. The van der Waals surface area contributed by atoms with Crippen LogP contribution in [-0.2, 0) is 20.1 Å². The third-order valence-electron chi connectivity index (χ3n) is 3.97. The zero-order chi connectivity index (χ0) is 18.2. The van der Waals surface area contributed by atoms with Crippen LogP contribution in [0.25, 0.3) is 22.5 Å². The molecule has 2 nitrogen and oxygen atoms in total. The van der Waals surface area contributed by atoms with E-state index in [0.717, 1.165) is 17.0 Å². The van der Waals surface area contributed by atoms with Gasteiger partial charge in [0.1, 0.15) is 0 Å². The van der Waals surface area contributed by atoms with Crippen molar-refractivity contribution in [1.82, 2.24) is 9.97 Å². The SMILES string of the molecule is Cc1ccc(-c2ccccn2)c(C)c1.[Ir].[c-]1ccccc1-c1ccccn1. The summed E-state index contributed by atoms with van der Waals surface area (Å²) in [5.74, 6) is 0. The molecular formula is C24H21IrN2-. The van der Waals surface area contributed by atoms with E-state index in [1.807, 2.05) is 66.9 Å². The van der Waals surface area contributed by atoms with E-state index in [1.165, 1.54) is 16.7 Å². The van der Waals surface area contributed by atoms with Crippen molar-refractivity contribution in [3.05, 3.63) is 108 Å². The molecule has 0 amide bonds. The van der Waals surface area contributed by atoms with E-state index in [-0.39, 0.29) is 20.1 Å². The number of rotatable bonds is 2. The summed E-state index contributed by atoms with van der Waals surface area (Å²) >= 11 is 0. The Labute approximate surface area is 174 Å². The third-order valence-corrected chi connectivity index (χ3v) is 3.97. The van der Waals surface area contributed by atoms with E-state index in [2.05, 4.69) is 48.1 Å². The van der Waals surface area contributed by atoms with Crippen molar-refractivity contribution in [3.63, 3.8) is 0 Å². The maximum Gasteiger partial charge on any atom is 0.0704 e. The van der Waals surface area contributed by atoms with Gasteiger partial charge in [-0.2, -0.15) is 0 Å². The Hall–Kier alpha value is -2.61.